The van der Waals surface area contributed by atoms with Crippen molar-refractivity contribution in [1.29, 1.82) is 0 Å². The number of ether oxygens (including phenoxy) is 1. The predicted molar refractivity (Wildman–Crippen MR) is 97.2 cm³/mol. The molecule has 4 nitrogen and oxygen atoms in total. The summed E-state index contributed by atoms with van der Waals surface area (Å²) in [7, 11) is 1.73. The smallest absolute Gasteiger partial charge is 0.123 e. The number of pyridine rings is 1. The average Bonchev–Trinajstić information content (AvgIpc) is 2.64. The summed E-state index contributed by atoms with van der Waals surface area (Å²) in [4.78, 5) is 6.98. The zero-order valence-corrected chi connectivity index (χ0v) is 14.8. The van der Waals surface area contributed by atoms with Gasteiger partial charge in [-0.15, -0.1) is 0 Å². The fraction of sp³-hybridized carbons (Fsp3) is 0.476. The van der Waals surface area contributed by atoms with Crippen molar-refractivity contribution in [1.82, 2.24) is 9.88 Å². The monoisotopic (exact) mass is 338 g/mol. The Balaban J connectivity index is 1.57. The van der Waals surface area contributed by atoms with Crippen LogP contribution in [0.2, 0.25) is 0 Å². The van der Waals surface area contributed by atoms with Gasteiger partial charge in [0.25, 0.3) is 0 Å². The fourth-order valence-electron chi connectivity index (χ4n) is 4.76. The molecule has 0 unspecified atom stereocenters. The Kier molecular flexibility index (Phi) is 4.48. The maximum Gasteiger partial charge on any atom is 0.123 e. The molecule has 1 aromatic heterocycles. The van der Waals surface area contributed by atoms with Crippen molar-refractivity contribution in [3.63, 3.8) is 0 Å². The Morgan fingerprint density at radius 2 is 1.84 bits per heavy atom. The minimum atomic E-state index is -0.781. The van der Waals surface area contributed by atoms with Gasteiger partial charge in [-0.25, -0.2) is 0 Å². The van der Waals surface area contributed by atoms with Crippen molar-refractivity contribution < 1.29 is 9.84 Å². The molecule has 2 aromatic rings. The van der Waals surface area contributed by atoms with Crippen molar-refractivity contribution in [2.75, 3.05) is 20.2 Å². The summed E-state index contributed by atoms with van der Waals surface area (Å²) < 4.78 is 5.51. The van der Waals surface area contributed by atoms with E-state index in [1.165, 1.54) is 12.0 Å². The second-order valence-corrected chi connectivity index (χ2v) is 7.37. The van der Waals surface area contributed by atoms with Gasteiger partial charge >= 0.3 is 0 Å². The van der Waals surface area contributed by atoms with Gasteiger partial charge in [-0.05, 0) is 31.0 Å². The summed E-state index contributed by atoms with van der Waals surface area (Å²) in [6.45, 7) is 2.68. The lowest BCUT2D eigenvalue weighted by Crippen LogP contribution is -2.58. The van der Waals surface area contributed by atoms with Crippen LogP contribution in [0.5, 0.6) is 5.75 Å². The van der Waals surface area contributed by atoms with Crippen molar-refractivity contribution in [3.8, 4) is 5.75 Å². The van der Waals surface area contributed by atoms with Crippen LogP contribution in [0, 0.1) is 11.8 Å². The third kappa shape index (κ3) is 2.94. The number of likely N-dealkylation sites (tertiary alicyclic amines) is 1. The summed E-state index contributed by atoms with van der Waals surface area (Å²) in [5, 5.41) is 11.6. The lowest BCUT2D eigenvalue weighted by Gasteiger charge is -2.52. The minimum Gasteiger partial charge on any atom is -0.496 e. The minimum absolute atomic E-state index is 0.240. The van der Waals surface area contributed by atoms with Gasteiger partial charge in [-0.3, -0.25) is 9.88 Å². The van der Waals surface area contributed by atoms with Gasteiger partial charge in [0.2, 0.25) is 0 Å². The first-order chi connectivity index (χ1) is 12.2. The maximum absolute atomic E-state index is 11.6. The van der Waals surface area contributed by atoms with Crippen LogP contribution in [0.25, 0.3) is 0 Å². The highest BCUT2D eigenvalue weighted by molar-refractivity contribution is 5.33. The molecule has 0 spiro atoms. The first kappa shape index (κ1) is 16.6. The molecule has 2 aliphatic rings. The first-order valence-electron chi connectivity index (χ1n) is 9.20. The molecule has 1 aliphatic heterocycles. The molecule has 1 N–H and O–H groups in total. The normalized spacial score (nSPS) is 29.4. The number of aliphatic hydroxyl groups is 1. The maximum atomic E-state index is 11.6. The molecule has 25 heavy (non-hydrogen) atoms. The van der Waals surface area contributed by atoms with E-state index >= 15 is 0 Å². The van der Waals surface area contributed by atoms with Crippen molar-refractivity contribution in [2.24, 2.45) is 11.8 Å². The van der Waals surface area contributed by atoms with E-state index in [9.17, 15) is 5.11 Å². The van der Waals surface area contributed by atoms with Crippen LogP contribution in [0.1, 0.15) is 30.5 Å². The summed E-state index contributed by atoms with van der Waals surface area (Å²) in [6.07, 6.45) is 5.12. The molecule has 1 saturated heterocycles. The Morgan fingerprint density at radius 1 is 1.12 bits per heavy atom. The van der Waals surface area contributed by atoms with Gasteiger partial charge in [-0.1, -0.05) is 30.7 Å². The first-order valence-corrected chi connectivity index (χ1v) is 9.20. The van der Waals surface area contributed by atoms with Crippen LogP contribution in [0.15, 0.2) is 48.7 Å². The van der Waals surface area contributed by atoms with Gasteiger partial charge in [0.15, 0.2) is 0 Å². The van der Waals surface area contributed by atoms with Gasteiger partial charge in [0.1, 0.15) is 11.4 Å². The van der Waals surface area contributed by atoms with Gasteiger partial charge < -0.3 is 9.84 Å². The molecule has 1 aliphatic carbocycles. The number of methoxy groups -OCH3 is 1. The van der Waals surface area contributed by atoms with Crippen LogP contribution < -0.4 is 4.74 Å². The standard InChI is InChI=1S/C21H26N2O2/c1-25-19-10-3-2-7-16(19)13-23-14-17-8-6-9-18(15-23)21(17,24)20-11-4-5-12-22-20/h2-5,7,10-12,17-18,24H,6,8-9,13-15H2,1H3/t17-,18-/m0/s1. The third-order valence-electron chi connectivity index (χ3n) is 5.97. The molecule has 4 heteroatoms. The molecule has 132 valence electrons. The Morgan fingerprint density at radius 3 is 2.52 bits per heavy atom. The second-order valence-electron chi connectivity index (χ2n) is 7.37. The van der Waals surface area contributed by atoms with Crippen molar-refractivity contribution in [3.05, 3.63) is 59.9 Å². The number of piperidine rings is 1. The fourth-order valence-corrected chi connectivity index (χ4v) is 4.76. The van der Waals surface area contributed by atoms with Gasteiger partial charge in [0, 0.05) is 43.2 Å². The van der Waals surface area contributed by atoms with Crippen LogP contribution in [-0.4, -0.2) is 35.2 Å². The number of para-hydroxylation sites is 1. The van der Waals surface area contributed by atoms with E-state index in [0.717, 1.165) is 43.9 Å². The van der Waals surface area contributed by atoms with E-state index in [2.05, 4.69) is 22.0 Å². The molecule has 1 aromatic carbocycles. The number of fused-ring (bicyclic) bond motifs is 2. The Bertz CT molecular complexity index is 705. The molecular formula is C21H26N2O2. The van der Waals surface area contributed by atoms with E-state index in [-0.39, 0.29) is 11.8 Å². The molecule has 2 fully saturated rings. The number of rotatable bonds is 4. The topological polar surface area (TPSA) is 45.6 Å². The zero-order valence-electron chi connectivity index (χ0n) is 14.8. The number of nitrogens with zero attached hydrogens (tertiary/aromatic N) is 2. The van der Waals surface area contributed by atoms with Crippen molar-refractivity contribution in [2.45, 2.75) is 31.4 Å². The molecule has 1 saturated carbocycles. The van der Waals surface area contributed by atoms with Gasteiger partial charge in [-0.2, -0.15) is 0 Å². The van der Waals surface area contributed by atoms with Crippen LogP contribution in [0.3, 0.4) is 0 Å². The number of benzene rings is 1. The lowest BCUT2D eigenvalue weighted by molar-refractivity contribution is -0.151. The van der Waals surface area contributed by atoms with Crippen LogP contribution >= 0.6 is 0 Å². The average molecular weight is 338 g/mol. The lowest BCUT2D eigenvalue weighted by atomic mass is 9.64. The molecule has 0 amide bonds. The van der Waals surface area contributed by atoms with Crippen LogP contribution in [0.4, 0.5) is 0 Å². The van der Waals surface area contributed by atoms with Crippen molar-refractivity contribution >= 4 is 0 Å². The Labute approximate surface area is 149 Å². The molecule has 2 heterocycles. The molecule has 2 bridgehead atoms. The number of hydrogen-bond acceptors (Lipinski definition) is 4. The zero-order chi connectivity index (χ0) is 17.3. The summed E-state index contributed by atoms with van der Waals surface area (Å²) in [6, 6.07) is 14.1. The summed E-state index contributed by atoms with van der Waals surface area (Å²) in [5.41, 5.74) is 1.28. The SMILES string of the molecule is COc1ccccc1CN1C[C@@H]2CCC[C@@H](C1)C2(O)c1ccccn1. The van der Waals surface area contributed by atoms with E-state index < -0.39 is 5.60 Å². The quantitative estimate of drug-likeness (QED) is 0.930. The Hall–Kier alpha value is -1.91. The summed E-state index contributed by atoms with van der Waals surface area (Å²) in [5.74, 6) is 1.42. The van der Waals surface area contributed by atoms with E-state index in [0.29, 0.717) is 0 Å². The highest BCUT2D eigenvalue weighted by Gasteiger charge is 2.52. The van der Waals surface area contributed by atoms with Crippen LogP contribution in [-0.2, 0) is 12.1 Å². The summed E-state index contributed by atoms with van der Waals surface area (Å²) >= 11 is 0. The number of hydrogen-bond donors (Lipinski definition) is 1. The molecule has 2 atom stereocenters. The second kappa shape index (κ2) is 6.77. The predicted octanol–water partition coefficient (Wildman–Crippen LogP) is 3.21. The number of aromatic nitrogens is 1. The van der Waals surface area contributed by atoms with E-state index in [4.69, 9.17) is 4.74 Å². The highest BCUT2D eigenvalue weighted by atomic mass is 16.5. The molecule has 0 radical (unpaired) electrons. The van der Waals surface area contributed by atoms with Gasteiger partial charge in [0.05, 0.1) is 12.8 Å². The van der Waals surface area contributed by atoms with E-state index in [1.807, 2.05) is 30.3 Å². The largest absolute Gasteiger partial charge is 0.496 e. The molecular weight excluding hydrogens is 312 g/mol. The third-order valence-corrected chi connectivity index (χ3v) is 5.97. The molecule has 4 rings (SSSR count). The van der Waals surface area contributed by atoms with E-state index in [1.54, 1.807) is 13.3 Å². The highest BCUT2D eigenvalue weighted by Crippen LogP contribution is 2.48.